The third-order valence-corrected chi connectivity index (χ3v) is 14.5. The zero-order chi connectivity index (χ0) is 27.4. The molecule has 0 aromatic rings. The summed E-state index contributed by atoms with van der Waals surface area (Å²) in [5.74, 6) is 3.68. The smallest absolute Gasteiger partial charge is 0.216 e. The van der Waals surface area contributed by atoms with Gasteiger partial charge in [0, 0.05) is 6.54 Å². The van der Waals surface area contributed by atoms with Crippen LogP contribution in [-0.4, -0.2) is 42.1 Å². The normalized spacial score (nSPS) is 45.1. The topological polar surface area (TPSA) is 86.6 Å². The highest BCUT2D eigenvalue weighted by molar-refractivity contribution is 7.90. The molecule has 0 spiro atoms. The molecule has 4 saturated carbocycles. The van der Waals surface area contributed by atoms with Crippen molar-refractivity contribution in [2.75, 3.05) is 6.54 Å². The Morgan fingerprint density at radius 3 is 2.24 bits per heavy atom. The van der Waals surface area contributed by atoms with Crippen molar-refractivity contribution in [3.8, 4) is 0 Å². The van der Waals surface area contributed by atoms with Gasteiger partial charge in [-0.1, -0.05) is 47.0 Å². The Morgan fingerprint density at radius 2 is 1.59 bits per heavy atom. The van der Waals surface area contributed by atoms with E-state index < -0.39 is 14.8 Å². The Bertz CT molecular complexity index is 899. The lowest BCUT2D eigenvalue weighted by Crippen LogP contribution is -2.62. The predicted octanol–water partition coefficient (Wildman–Crippen LogP) is 6.14. The molecule has 11 atom stereocenters. The largest absolute Gasteiger partial charge is 0.393 e. The molecular formula is C31H57NO4S. The number of nitrogens with one attached hydrogen (secondary N) is 1. The molecule has 4 aliphatic rings. The van der Waals surface area contributed by atoms with Crippen LogP contribution >= 0.6 is 0 Å². The lowest BCUT2D eigenvalue weighted by molar-refractivity contribution is -0.203. The number of hydrogen-bond acceptors (Lipinski definition) is 4. The summed E-state index contributed by atoms with van der Waals surface area (Å²) < 4.78 is 26.7. The van der Waals surface area contributed by atoms with Crippen LogP contribution in [0.3, 0.4) is 0 Å². The predicted molar refractivity (Wildman–Crippen MR) is 151 cm³/mol. The molecule has 4 fully saturated rings. The summed E-state index contributed by atoms with van der Waals surface area (Å²) in [7, 11) is -3.27. The molecule has 0 aromatic heterocycles. The minimum atomic E-state index is -3.27. The van der Waals surface area contributed by atoms with Gasteiger partial charge < -0.3 is 10.2 Å². The molecule has 216 valence electrons. The fourth-order valence-corrected chi connectivity index (χ4v) is 11.0. The van der Waals surface area contributed by atoms with Gasteiger partial charge in [0.15, 0.2) is 0 Å². The van der Waals surface area contributed by atoms with Gasteiger partial charge in [0.25, 0.3) is 0 Å². The molecular weight excluding hydrogens is 482 g/mol. The standard InChI is InChI=1S/C31H57NO4S/c1-8-22-26-19-21(33)14-16-31(26,7)25-15-17-30(6)23(12-13-24(30)27(25)28(22)34)20(2)11-9-10-18-32-37(35,36)29(3,4)5/h20-28,32-34H,8-19H2,1-7H3/t20-,21-,22-,23?,24?,25?,26+,27+,28-,30-,31-/m1/s1. The van der Waals surface area contributed by atoms with Crippen molar-refractivity contribution in [2.45, 2.75) is 136 Å². The zero-order valence-corrected chi connectivity index (χ0v) is 25.6. The van der Waals surface area contributed by atoms with Gasteiger partial charge in [-0.2, -0.15) is 0 Å². The van der Waals surface area contributed by atoms with Gasteiger partial charge in [-0.15, -0.1) is 0 Å². The molecule has 0 bridgehead atoms. The van der Waals surface area contributed by atoms with Crippen LogP contribution in [-0.2, 0) is 10.0 Å². The maximum absolute atomic E-state index is 12.3. The minimum Gasteiger partial charge on any atom is -0.393 e. The summed E-state index contributed by atoms with van der Waals surface area (Å²) in [4.78, 5) is 0. The summed E-state index contributed by atoms with van der Waals surface area (Å²) in [5, 5.41) is 22.4. The molecule has 3 N–H and O–H groups in total. The highest BCUT2D eigenvalue weighted by Crippen LogP contribution is 2.69. The first-order valence-electron chi connectivity index (χ1n) is 15.5. The van der Waals surface area contributed by atoms with E-state index in [1.165, 1.54) is 25.7 Å². The third kappa shape index (κ3) is 5.20. The lowest BCUT2D eigenvalue weighted by Gasteiger charge is -2.64. The van der Waals surface area contributed by atoms with Crippen LogP contribution in [0.5, 0.6) is 0 Å². The van der Waals surface area contributed by atoms with E-state index in [0.29, 0.717) is 53.4 Å². The van der Waals surface area contributed by atoms with E-state index in [2.05, 4.69) is 32.4 Å². The molecule has 4 aliphatic carbocycles. The maximum Gasteiger partial charge on any atom is 0.216 e. The minimum absolute atomic E-state index is 0.190. The van der Waals surface area contributed by atoms with Gasteiger partial charge in [-0.3, -0.25) is 0 Å². The van der Waals surface area contributed by atoms with Crippen LogP contribution < -0.4 is 4.72 Å². The first kappa shape index (κ1) is 29.8. The van der Waals surface area contributed by atoms with Crippen LogP contribution in [0.25, 0.3) is 0 Å². The lowest BCUT2D eigenvalue weighted by atomic mass is 9.41. The van der Waals surface area contributed by atoms with Crippen LogP contribution in [0.2, 0.25) is 0 Å². The molecule has 0 aromatic carbocycles. The summed E-state index contributed by atoms with van der Waals surface area (Å²) in [6.07, 6.45) is 11.6. The Labute approximate surface area is 228 Å². The Kier molecular flexibility index (Phi) is 8.59. The molecule has 5 nitrogen and oxygen atoms in total. The van der Waals surface area contributed by atoms with Gasteiger partial charge in [-0.25, -0.2) is 13.1 Å². The van der Waals surface area contributed by atoms with E-state index in [4.69, 9.17) is 0 Å². The van der Waals surface area contributed by atoms with Crippen LogP contribution in [0, 0.1) is 52.3 Å². The van der Waals surface area contributed by atoms with E-state index >= 15 is 0 Å². The van der Waals surface area contributed by atoms with E-state index in [-0.39, 0.29) is 17.6 Å². The molecule has 3 unspecified atom stereocenters. The monoisotopic (exact) mass is 539 g/mol. The highest BCUT2D eigenvalue weighted by atomic mass is 32.2. The molecule has 4 rings (SSSR count). The molecule has 0 saturated heterocycles. The molecule has 37 heavy (non-hydrogen) atoms. The third-order valence-electron chi connectivity index (χ3n) is 12.3. The molecule has 0 radical (unpaired) electrons. The fourth-order valence-electron chi connectivity index (χ4n) is 10.1. The first-order valence-corrected chi connectivity index (χ1v) is 17.0. The number of unbranched alkanes of at least 4 members (excludes halogenated alkanes) is 1. The quantitative estimate of drug-likeness (QED) is 0.324. The molecule has 0 amide bonds. The Morgan fingerprint density at radius 1 is 0.946 bits per heavy atom. The van der Waals surface area contributed by atoms with Gasteiger partial charge in [-0.05, 0) is 124 Å². The maximum atomic E-state index is 12.3. The highest BCUT2D eigenvalue weighted by Gasteiger charge is 2.64. The van der Waals surface area contributed by atoms with E-state index in [1.54, 1.807) is 20.8 Å². The van der Waals surface area contributed by atoms with Crippen LogP contribution in [0.1, 0.15) is 119 Å². The average molecular weight is 540 g/mol. The first-order chi connectivity index (χ1) is 17.2. The second kappa shape index (κ2) is 10.7. The van der Waals surface area contributed by atoms with Crippen LogP contribution in [0.4, 0.5) is 0 Å². The van der Waals surface area contributed by atoms with E-state index in [0.717, 1.165) is 44.9 Å². The van der Waals surface area contributed by atoms with Crippen molar-refractivity contribution in [3.63, 3.8) is 0 Å². The Hall–Kier alpha value is -0.170. The summed E-state index contributed by atoms with van der Waals surface area (Å²) in [6, 6.07) is 0. The fraction of sp³-hybridized carbons (Fsp3) is 1.00. The van der Waals surface area contributed by atoms with Crippen molar-refractivity contribution in [1.29, 1.82) is 0 Å². The van der Waals surface area contributed by atoms with Gasteiger partial charge in [0.2, 0.25) is 10.0 Å². The van der Waals surface area contributed by atoms with Crippen molar-refractivity contribution in [1.82, 2.24) is 4.72 Å². The second-order valence-electron chi connectivity index (χ2n) is 15.1. The van der Waals surface area contributed by atoms with Crippen LogP contribution in [0.15, 0.2) is 0 Å². The molecule has 0 aliphatic heterocycles. The number of rotatable bonds is 8. The van der Waals surface area contributed by atoms with Crippen molar-refractivity contribution in [2.24, 2.45) is 52.3 Å². The van der Waals surface area contributed by atoms with Crippen molar-refractivity contribution < 1.29 is 18.6 Å². The molecule has 0 heterocycles. The number of sulfonamides is 1. The number of aliphatic hydroxyl groups excluding tert-OH is 2. The summed E-state index contributed by atoms with van der Waals surface area (Å²) in [5.41, 5.74) is 0.556. The Balaban J connectivity index is 1.41. The summed E-state index contributed by atoms with van der Waals surface area (Å²) >= 11 is 0. The van der Waals surface area contributed by atoms with Crippen molar-refractivity contribution >= 4 is 10.0 Å². The zero-order valence-electron chi connectivity index (χ0n) is 24.8. The van der Waals surface area contributed by atoms with Gasteiger partial charge >= 0.3 is 0 Å². The number of hydrogen-bond donors (Lipinski definition) is 3. The summed E-state index contributed by atoms with van der Waals surface area (Å²) in [6.45, 7) is 15.5. The average Bonchev–Trinajstić information content (AvgIpc) is 3.16. The number of fused-ring (bicyclic) bond motifs is 5. The van der Waals surface area contributed by atoms with E-state index in [9.17, 15) is 18.6 Å². The van der Waals surface area contributed by atoms with Crippen molar-refractivity contribution in [3.05, 3.63) is 0 Å². The second-order valence-corrected chi connectivity index (χ2v) is 17.6. The van der Waals surface area contributed by atoms with E-state index in [1.807, 2.05) is 0 Å². The van der Waals surface area contributed by atoms with Gasteiger partial charge in [0.1, 0.15) is 0 Å². The number of aliphatic hydroxyl groups is 2. The SMILES string of the molecule is CC[C@H]1[C@@H](O)[C@H]2C3CCC([C@H](C)CCCCNS(=O)(=O)C(C)(C)C)[C@@]3(C)CCC2[C@@]2(C)CC[C@@H](O)C[C@@H]12. The molecule has 6 heteroatoms. The van der Waals surface area contributed by atoms with Gasteiger partial charge in [0.05, 0.1) is 17.0 Å².